The van der Waals surface area contributed by atoms with Gasteiger partial charge in [0.1, 0.15) is 0 Å². The highest BCUT2D eigenvalue weighted by Crippen LogP contribution is 2.26. The van der Waals surface area contributed by atoms with E-state index >= 15 is 0 Å². The lowest BCUT2D eigenvalue weighted by Crippen LogP contribution is -2.37. The van der Waals surface area contributed by atoms with Crippen LogP contribution in [-0.2, 0) is 9.59 Å². The number of amides is 2. The lowest BCUT2D eigenvalue weighted by atomic mass is 10.3. The molecule has 0 saturated carbocycles. The van der Waals surface area contributed by atoms with Gasteiger partial charge < -0.3 is 19.7 Å². The molecule has 0 aliphatic heterocycles. The van der Waals surface area contributed by atoms with Crippen LogP contribution >= 0.6 is 23.2 Å². The first-order valence-corrected chi connectivity index (χ1v) is 8.41. The SMILES string of the molecule is COc1ccccc1OCC(=O)N(C)CC(=O)Nc1ccc(Cl)c(Cl)c1. The Morgan fingerprint density at radius 3 is 2.42 bits per heavy atom. The standard InChI is InChI=1S/C18H18Cl2N2O4/c1-22(10-17(23)21-12-7-8-13(19)14(20)9-12)18(24)11-26-16-6-4-3-5-15(16)25-2/h3-9H,10-11H2,1-2H3,(H,21,23). The third-order valence-electron chi connectivity index (χ3n) is 3.43. The van der Waals surface area contributed by atoms with Gasteiger partial charge in [0, 0.05) is 12.7 Å². The van der Waals surface area contributed by atoms with Crippen molar-refractivity contribution in [2.24, 2.45) is 0 Å². The van der Waals surface area contributed by atoms with Crippen LogP contribution in [0.4, 0.5) is 5.69 Å². The van der Waals surface area contributed by atoms with Gasteiger partial charge in [-0.15, -0.1) is 0 Å². The van der Waals surface area contributed by atoms with Crippen molar-refractivity contribution in [1.29, 1.82) is 0 Å². The molecule has 0 unspecified atom stereocenters. The predicted octanol–water partition coefficient (Wildman–Crippen LogP) is 3.48. The van der Waals surface area contributed by atoms with Gasteiger partial charge in [0.15, 0.2) is 18.1 Å². The second-order valence-electron chi connectivity index (χ2n) is 5.37. The molecule has 2 amide bonds. The van der Waals surface area contributed by atoms with E-state index in [1.807, 2.05) is 0 Å². The molecule has 0 spiro atoms. The maximum absolute atomic E-state index is 12.1. The highest BCUT2D eigenvalue weighted by molar-refractivity contribution is 6.42. The summed E-state index contributed by atoms with van der Waals surface area (Å²) in [5.41, 5.74) is 0.496. The largest absolute Gasteiger partial charge is 0.493 e. The number of carbonyl (C=O) groups excluding carboxylic acids is 2. The van der Waals surface area contributed by atoms with E-state index in [1.165, 1.54) is 25.1 Å². The van der Waals surface area contributed by atoms with Crippen molar-refractivity contribution >= 4 is 40.7 Å². The Bertz CT molecular complexity index is 799. The van der Waals surface area contributed by atoms with Gasteiger partial charge in [-0.3, -0.25) is 9.59 Å². The van der Waals surface area contributed by atoms with Crippen LogP contribution in [0.2, 0.25) is 10.0 Å². The number of nitrogens with one attached hydrogen (secondary N) is 1. The van der Waals surface area contributed by atoms with E-state index in [9.17, 15) is 9.59 Å². The highest BCUT2D eigenvalue weighted by Gasteiger charge is 2.15. The minimum atomic E-state index is -0.364. The van der Waals surface area contributed by atoms with Gasteiger partial charge >= 0.3 is 0 Å². The number of halogens is 2. The normalized spacial score (nSPS) is 10.2. The van der Waals surface area contributed by atoms with Gasteiger partial charge in [0.25, 0.3) is 5.91 Å². The second kappa shape index (κ2) is 9.31. The summed E-state index contributed by atoms with van der Waals surface area (Å²) in [6.45, 7) is -0.342. The molecule has 0 radical (unpaired) electrons. The van der Waals surface area contributed by atoms with E-state index in [0.717, 1.165) is 0 Å². The van der Waals surface area contributed by atoms with E-state index < -0.39 is 0 Å². The van der Waals surface area contributed by atoms with Gasteiger partial charge in [-0.05, 0) is 30.3 Å². The number of para-hydroxylation sites is 2. The number of anilines is 1. The van der Waals surface area contributed by atoms with Crippen LogP contribution in [-0.4, -0.2) is 44.0 Å². The average molecular weight is 397 g/mol. The van der Waals surface area contributed by atoms with E-state index in [0.29, 0.717) is 27.2 Å². The third kappa shape index (κ3) is 5.54. The Morgan fingerprint density at radius 1 is 1.08 bits per heavy atom. The van der Waals surface area contributed by atoms with Gasteiger partial charge in [-0.1, -0.05) is 35.3 Å². The molecule has 2 aromatic carbocycles. The summed E-state index contributed by atoms with van der Waals surface area (Å²) in [5.74, 6) is 0.272. The Kier molecular flexibility index (Phi) is 7.12. The fourth-order valence-corrected chi connectivity index (χ4v) is 2.36. The first-order valence-electron chi connectivity index (χ1n) is 7.65. The molecule has 2 aromatic rings. The van der Waals surface area contributed by atoms with Crippen LogP contribution in [0.1, 0.15) is 0 Å². The van der Waals surface area contributed by atoms with Crippen molar-refractivity contribution in [3.63, 3.8) is 0 Å². The molecule has 0 fully saturated rings. The van der Waals surface area contributed by atoms with E-state index in [1.54, 1.807) is 36.4 Å². The topological polar surface area (TPSA) is 67.9 Å². The third-order valence-corrected chi connectivity index (χ3v) is 4.17. The highest BCUT2D eigenvalue weighted by atomic mass is 35.5. The van der Waals surface area contributed by atoms with Gasteiger partial charge in [0.2, 0.25) is 5.91 Å². The smallest absolute Gasteiger partial charge is 0.260 e. The van der Waals surface area contributed by atoms with E-state index in [-0.39, 0.29) is 25.0 Å². The molecule has 0 bridgehead atoms. The zero-order chi connectivity index (χ0) is 19.1. The Balaban J connectivity index is 1.85. The molecule has 0 heterocycles. The summed E-state index contributed by atoms with van der Waals surface area (Å²) in [5, 5.41) is 3.38. The summed E-state index contributed by atoms with van der Waals surface area (Å²) >= 11 is 11.7. The van der Waals surface area contributed by atoms with Crippen molar-refractivity contribution in [3.8, 4) is 11.5 Å². The van der Waals surface area contributed by atoms with Gasteiger partial charge in [-0.2, -0.15) is 0 Å². The minimum Gasteiger partial charge on any atom is -0.493 e. The van der Waals surface area contributed by atoms with E-state index in [2.05, 4.69) is 5.32 Å². The fraction of sp³-hybridized carbons (Fsp3) is 0.222. The van der Waals surface area contributed by atoms with Crippen molar-refractivity contribution in [3.05, 3.63) is 52.5 Å². The first kappa shape index (κ1) is 19.9. The van der Waals surface area contributed by atoms with Gasteiger partial charge in [-0.25, -0.2) is 0 Å². The maximum atomic E-state index is 12.1. The second-order valence-corrected chi connectivity index (χ2v) is 6.18. The Labute approximate surface area is 161 Å². The van der Waals surface area contributed by atoms with Crippen LogP contribution in [0.5, 0.6) is 11.5 Å². The van der Waals surface area contributed by atoms with E-state index in [4.69, 9.17) is 32.7 Å². The van der Waals surface area contributed by atoms with Crippen molar-refractivity contribution in [1.82, 2.24) is 4.90 Å². The number of hydrogen-bond donors (Lipinski definition) is 1. The summed E-state index contributed by atoms with van der Waals surface area (Å²) in [4.78, 5) is 25.5. The zero-order valence-electron chi connectivity index (χ0n) is 14.3. The zero-order valence-corrected chi connectivity index (χ0v) is 15.8. The summed E-state index contributed by atoms with van der Waals surface area (Å²) in [7, 11) is 3.03. The average Bonchev–Trinajstić information content (AvgIpc) is 2.62. The monoisotopic (exact) mass is 396 g/mol. The molecule has 0 aliphatic rings. The summed E-state index contributed by atoms with van der Waals surface area (Å²) in [6, 6.07) is 11.7. The lowest BCUT2D eigenvalue weighted by molar-refractivity contribution is -0.135. The van der Waals surface area contributed by atoms with Crippen LogP contribution in [0.15, 0.2) is 42.5 Å². The first-order chi connectivity index (χ1) is 12.4. The Hall–Kier alpha value is -2.44. The summed E-state index contributed by atoms with van der Waals surface area (Å²) < 4.78 is 10.6. The molecular weight excluding hydrogens is 379 g/mol. The predicted molar refractivity (Wildman–Crippen MR) is 101 cm³/mol. The molecule has 6 nitrogen and oxygen atoms in total. The number of carbonyl (C=O) groups is 2. The van der Waals surface area contributed by atoms with Crippen LogP contribution < -0.4 is 14.8 Å². The molecule has 0 saturated heterocycles. The molecule has 0 aliphatic carbocycles. The van der Waals surface area contributed by atoms with Crippen molar-refractivity contribution < 1.29 is 19.1 Å². The van der Waals surface area contributed by atoms with Gasteiger partial charge in [0.05, 0.1) is 23.7 Å². The molecule has 26 heavy (non-hydrogen) atoms. The molecule has 1 N–H and O–H groups in total. The van der Waals surface area contributed by atoms with Crippen LogP contribution in [0.25, 0.3) is 0 Å². The fourth-order valence-electron chi connectivity index (χ4n) is 2.07. The number of likely N-dealkylation sites (N-methyl/N-ethyl adjacent to an activating group) is 1. The number of hydrogen-bond acceptors (Lipinski definition) is 4. The maximum Gasteiger partial charge on any atom is 0.260 e. The molecular formula is C18H18Cl2N2O4. The molecule has 138 valence electrons. The molecule has 0 aromatic heterocycles. The minimum absolute atomic E-state index is 0.131. The quantitative estimate of drug-likeness (QED) is 0.777. The number of benzene rings is 2. The van der Waals surface area contributed by atoms with Crippen molar-refractivity contribution in [2.45, 2.75) is 0 Å². The Morgan fingerprint density at radius 2 is 1.77 bits per heavy atom. The van der Waals surface area contributed by atoms with Crippen LogP contribution in [0.3, 0.4) is 0 Å². The number of methoxy groups -OCH3 is 1. The van der Waals surface area contributed by atoms with Crippen LogP contribution in [0, 0.1) is 0 Å². The van der Waals surface area contributed by atoms with Crippen molar-refractivity contribution in [2.75, 3.05) is 32.6 Å². The molecule has 0 atom stereocenters. The number of nitrogens with zero attached hydrogens (tertiary/aromatic N) is 1. The number of ether oxygens (including phenoxy) is 2. The number of rotatable bonds is 7. The lowest BCUT2D eigenvalue weighted by Gasteiger charge is -2.18. The molecule has 2 rings (SSSR count). The molecule has 8 heteroatoms. The summed E-state index contributed by atoms with van der Waals surface area (Å²) in [6.07, 6.45) is 0.